The van der Waals surface area contributed by atoms with Gasteiger partial charge in [0.15, 0.2) is 5.82 Å². The summed E-state index contributed by atoms with van der Waals surface area (Å²) in [5, 5.41) is 6.22. The molecule has 3 aromatic carbocycles. The lowest BCUT2D eigenvalue weighted by molar-refractivity contribution is -0.232. The van der Waals surface area contributed by atoms with Crippen LogP contribution < -0.4 is 15.5 Å². The van der Waals surface area contributed by atoms with Crippen LogP contribution in [0.4, 0.5) is 44.2 Å². The second-order valence-corrected chi connectivity index (χ2v) is 12.9. The zero-order valence-corrected chi connectivity index (χ0v) is 29.0. The lowest BCUT2D eigenvalue weighted by Gasteiger charge is -2.32. The Morgan fingerprint density at radius 3 is 2.30 bits per heavy atom. The van der Waals surface area contributed by atoms with Gasteiger partial charge < -0.3 is 15.5 Å². The largest absolute Gasteiger partial charge is 0.493 e. The molecule has 53 heavy (non-hydrogen) atoms. The van der Waals surface area contributed by atoms with E-state index in [-0.39, 0.29) is 41.2 Å². The molecule has 16 heteroatoms. The Kier molecular flexibility index (Phi) is 10.6. The monoisotopic (exact) mass is 737 g/mol. The van der Waals surface area contributed by atoms with Crippen molar-refractivity contribution in [2.24, 2.45) is 0 Å². The molecule has 0 aliphatic carbocycles. The van der Waals surface area contributed by atoms with Gasteiger partial charge in [-0.1, -0.05) is 42.5 Å². The van der Waals surface area contributed by atoms with Gasteiger partial charge >= 0.3 is 18.2 Å². The number of benzene rings is 3. The lowest BCUT2D eigenvalue weighted by Crippen LogP contribution is -2.43. The van der Waals surface area contributed by atoms with Crippen LogP contribution in [0.15, 0.2) is 66.7 Å². The third kappa shape index (κ3) is 7.77. The normalized spacial score (nSPS) is 15.2. The van der Waals surface area contributed by atoms with E-state index in [1.54, 1.807) is 6.92 Å². The maximum absolute atomic E-state index is 15.3. The van der Waals surface area contributed by atoms with E-state index in [9.17, 15) is 27.6 Å². The number of aryl methyl sites for hydroxylation is 1. The number of nitrogens with one attached hydrogen (secondary N) is 2. The second-order valence-electron chi connectivity index (χ2n) is 12.9. The van der Waals surface area contributed by atoms with Gasteiger partial charge in [-0.15, -0.1) is 0 Å². The van der Waals surface area contributed by atoms with Crippen molar-refractivity contribution < 1.29 is 41.2 Å². The van der Waals surface area contributed by atoms with Crippen LogP contribution in [0.3, 0.4) is 0 Å². The number of likely N-dealkylation sites (tertiary alicyclic amines) is 1. The molecular formula is C37H36F5N7O4. The predicted octanol–water partition coefficient (Wildman–Crippen LogP) is 7.21. The lowest BCUT2D eigenvalue weighted by atomic mass is 9.97. The van der Waals surface area contributed by atoms with Crippen molar-refractivity contribution >= 4 is 35.4 Å². The highest BCUT2D eigenvalue weighted by Gasteiger charge is 2.44. The van der Waals surface area contributed by atoms with E-state index in [0.29, 0.717) is 22.7 Å². The molecule has 3 amide bonds. The van der Waals surface area contributed by atoms with Crippen molar-refractivity contribution in [2.75, 3.05) is 29.9 Å². The number of halogens is 5. The zero-order valence-electron chi connectivity index (χ0n) is 29.0. The average Bonchev–Trinajstić information content (AvgIpc) is 3.66. The molecule has 1 unspecified atom stereocenters. The topological polar surface area (TPSA) is 120 Å². The minimum absolute atomic E-state index is 0.00868. The number of nitrogens with zero attached hydrogens (tertiary/aromatic N) is 5. The van der Waals surface area contributed by atoms with E-state index in [1.165, 1.54) is 32.0 Å². The van der Waals surface area contributed by atoms with Crippen LogP contribution >= 0.6 is 0 Å². The summed E-state index contributed by atoms with van der Waals surface area (Å²) in [6, 6.07) is 15.3. The summed E-state index contributed by atoms with van der Waals surface area (Å²) < 4.78 is 69.8. The van der Waals surface area contributed by atoms with E-state index in [4.69, 9.17) is 4.98 Å². The smallest absolute Gasteiger partial charge is 0.352 e. The van der Waals surface area contributed by atoms with E-state index in [2.05, 4.69) is 25.4 Å². The number of amides is 3. The Morgan fingerprint density at radius 1 is 0.981 bits per heavy atom. The van der Waals surface area contributed by atoms with Crippen LogP contribution in [0, 0.1) is 18.6 Å². The molecule has 0 saturated carbocycles. The van der Waals surface area contributed by atoms with Gasteiger partial charge in [0, 0.05) is 23.2 Å². The van der Waals surface area contributed by atoms with E-state index < -0.39 is 47.4 Å². The fraction of sp³-hybridized carbons (Fsp3) is 0.324. The molecule has 3 heterocycles. The van der Waals surface area contributed by atoms with Crippen LogP contribution in [0.5, 0.6) is 0 Å². The minimum atomic E-state index is -5.35. The molecule has 6 rings (SSSR count). The van der Waals surface area contributed by atoms with Crippen LogP contribution in [-0.2, 0) is 16.2 Å². The van der Waals surface area contributed by atoms with Crippen LogP contribution in [0.2, 0.25) is 0 Å². The summed E-state index contributed by atoms with van der Waals surface area (Å²) in [4.78, 5) is 55.7. The molecular weight excluding hydrogens is 701 g/mol. The van der Waals surface area contributed by atoms with E-state index >= 15 is 8.78 Å². The summed E-state index contributed by atoms with van der Waals surface area (Å²) in [5.41, 5.74) is 1.49. The van der Waals surface area contributed by atoms with Gasteiger partial charge in [0.25, 0.3) is 5.91 Å². The summed E-state index contributed by atoms with van der Waals surface area (Å²) in [6.07, 6.45) is -3.30. The van der Waals surface area contributed by atoms with Gasteiger partial charge in [-0.3, -0.25) is 9.69 Å². The SMILES string of the molecule is Cc1ccc(C(=O)N(OC(=O)C(F)(F)F)C(C)C)cc1-c1nc(NCC(c2ccccc2)N2CCCC2)nc2c1CNC(=O)N2c1c(F)cccc1F. The second kappa shape index (κ2) is 15.1. The van der Waals surface area contributed by atoms with Crippen molar-refractivity contribution in [3.63, 3.8) is 0 Å². The number of hydrogen-bond acceptors (Lipinski definition) is 8. The first-order valence-electron chi connectivity index (χ1n) is 16.9. The maximum Gasteiger partial charge on any atom is 0.493 e. The molecule has 278 valence electrons. The van der Waals surface area contributed by atoms with E-state index in [0.717, 1.165) is 54.6 Å². The highest BCUT2D eigenvalue weighted by molar-refractivity contribution is 6.02. The van der Waals surface area contributed by atoms with Crippen LogP contribution in [0.25, 0.3) is 11.3 Å². The minimum Gasteiger partial charge on any atom is -0.352 e. The van der Waals surface area contributed by atoms with Gasteiger partial charge in [0.05, 0.1) is 24.3 Å². The first-order valence-corrected chi connectivity index (χ1v) is 16.9. The first kappa shape index (κ1) is 37.1. The number of para-hydroxylation sites is 1. The van der Waals surface area contributed by atoms with Crippen molar-refractivity contribution in [1.82, 2.24) is 25.2 Å². The number of carbonyl (C=O) groups excluding carboxylic acids is 3. The highest BCUT2D eigenvalue weighted by atomic mass is 19.4. The fourth-order valence-corrected chi connectivity index (χ4v) is 6.41. The van der Waals surface area contributed by atoms with Crippen molar-refractivity contribution in [2.45, 2.75) is 58.4 Å². The maximum atomic E-state index is 15.3. The summed E-state index contributed by atoms with van der Waals surface area (Å²) in [5.74, 6) is -5.76. The Labute approximate surface area is 301 Å². The van der Waals surface area contributed by atoms with Crippen LogP contribution in [0.1, 0.15) is 59.8 Å². The number of aromatic nitrogens is 2. The number of hydrogen-bond donors (Lipinski definition) is 2. The molecule has 2 aliphatic rings. The summed E-state index contributed by atoms with van der Waals surface area (Å²) >= 11 is 0. The van der Waals surface area contributed by atoms with Crippen molar-refractivity contribution in [3.05, 3.63) is 101 Å². The number of rotatable bonds is 9. The number of urea groups is 1. The standard InChI is InChI=1S/C37H36F5N7O4/c1-21(2)49(53-34(51)37(40,41)42)33(50)24-15-14-22(3)25(18-24)30-26-19-44-36(52)48(31-27(38)12-9-13-28(31)39)32(26)46-35(45-30)43-20-29(47-16-7-8-17-47)23-10-5-4-6-11-23/h4-6,9-15,18,21,29H,7-8,16-17,19-20H2,1-3H3,(H,44,52)(H,43,45,46). The molecule has 2 N–H and O–H groups in total. The van der Waals surface area contributed by atoms with Gasteiger partial charge in [-0.25, -0.2) is 28.3 Å². The van der Waals surface area contributed by atoms with Crippen LogP contribution in [-0.4, -0.2) is 69.7 Å². The van der Waals surface area contributed by atoms with Gasteiger partial charge in [0.1, 0.15) is 17.3 Å². The Bertz CT molecular complexity index is 2000. The van der Waals surface area contributed by atoms with E-state index in [1.807, 2.05) is 30.3 Å². The molecule has 0 radical (unpaired) electrons. The Hall–Kier alpha value is -5.64. The summed E-state index contributed by atoms with van der Waals surface area (Å²) in [6.45, 7) is 6.32. The number of carbonyl (C=O) groups is 3. The predicted molar refractivity (Wildman–Crippen MR) is 185 cm³/mol. The molecule has 1 aromatic heterocycles. The highest BCUT2D eigenvalue weighted by Crippen LogP contribution is 2.40. The van der Waals surface area contributed by atoms with Crippen molar-refractivity contribution in [3.8, 4) is 11.3 Å². The summed E-state index contributed by atoms with van der Waals surface area (Å²) in [7, 11) is 0. The molecule has 1 fully saturated rings. The Morgan fingerprint density at radius 2 is 1.66 bits per heavy atom. The molecule has 0 spiro atoms. The van der Waals surface area contributed by atoms with Gasteiger partial charge in [-0.2, -0.15) is 23.2 Å². The number of alkyl halides is 3. The third-order valence-electron chi connectivity index (χ3n) is 9.02. The molecule has 0 bridgehead atoms. The molecule has 4 aromatic rings. The number of fused-ring (bicyclic) bond motifs is 1. The third-order valence-corrected chi connectivity index (χ3v) is 9.02. The molecule has 1 atom stereocenters. The van der Waals surface area contributed by atoms with Crippen molar-refractivity contribution in [1.29, 1.82) is 0 Å². The zero-order chi connectivity index (χ0) is 38.0. The Balaban J connectivity index is 1.47. The number of anilines is 3. The van der Waals surface area contributed by atoms with Gasteiger partial charge in [0.2, 0.25) is 5.95 Å². The van der Waals surface area contributed by atoms with Gasteiger partial charge in [-0.05, 0) is 82.1 Å². The number of hydroxylamine groups is 2. The first-order chi connectivity index (χ1) is 25.2. The molecule has 1 saturated heterocycles. The quantitative estimate of drug-likeness (QED) is 0.137. The molecule has 2 aliphatic heterocycles. The molecule has 11 nitrogen and oxygen atoms in total. The fourth-order valence-electron chi connectivity index (χ4n) is 6.41. The average molecular weight is 738 g/mol.